The fraction of sp³-hybridized carbons (Fsp3) is 0.773. The maximum absolute atomic E-state index is 12.6. The highest BCUT2D eigenvalue weighted by molar-refractivity contribution is 7.47. The van der Waals surface area contributed by atoms with Gasteiger partial charge in [0, 0.05) is 12.5 Å². The summed E-state index contributed by atoms with van der Waals surface area (Å²) in [4.78, 5) is 35.2. The van der Waals surface area contributed by atoms with Crippen LogP contribution >= 0.6 is 7.82 Å². The van der Waals surface area contributed by atoms with Crippen LogP contribution in [0, 0.1) is 0 Å². The zero-order chi connectivity index (χ0) is 40.0. The fourth-order valence-electron chi connectivity index (χ4n) is 5.54. The summed E-state index contributed by atoms with van der Waals surface area (Å²) in [5.41, 5.74) is 0. The Kier molecular flexibility index (Phi) is 35.2. The number of ether oxygens (including phenoxy) is 2. The summed E-state index contributed by atoms with van der Waals surface area (Å²) in [6.45, 7) is 4.24. The topological polar surface area (TPSA) is 108 Å². The number of carbonyl (C=O) groups excluding carboxylic acids is 2. The first-order valence-corrected chi connectivity index (χ1v) is 22.9. The highest BCUT2D eigenvalue weighted by Gasteiger charge is 2.26. The van der Waals surface area contributed by atoms with E-state index in [4.69, 9.17) is 18.5 Å². The molecule has 0 rings (SSSR count). The smallest absolute Gasteiger partial charge is 0.458 e. The monoisotopic (exact) mass is 783 g/mol. The number of phosphoric acid groups is 1. The SMILES string of the molecule is CCCCC/C=C/C/C=C/CCCCCCCC(=O)O[C@H](COC(=O)/C=C/C=C/CCCCCCCCCCCCC)COP(=O)(O)OCC[N+](C)(C)C. The predicted molar refractivity (Wildman–Crippen MR) is 224 cm³/mol. The average molecular weight is 783 g/mol. The molecule has 0 bridgehead atoms. The van der Waals surface area contributed by atoms with E-state index in [2.05, 4.69) is 38.2 Å². The van der Waals surface area contributed by atoms with E-state index in [9.17, 15) is 19.0 Å². The van der Waals surface area contributed by atoms with Crippen molar-refractivity contribution in [2.75, 3.05) is 47.5 Å². The standard InChI is InChI=1S/C44H80NO8P/c1-6-8-10-12-14-16-18-20-22-24-26-28-30-32-34-36-43(46)50-40-42(41-52-54(48,49)51-39-38-45(3,4)5)53-44(47)37-35-33-31-29-27-25-23-21-19-17-15-13-11-9-7-2/h15,17,21,23,30,32,34,36,42H,6-14,16,18-20,22,24-29,31,33,35,37-41H2,1-5H3/p+1/b17-15+,23-21+,32-30+,36-34+/t42-/m1/s1. The molecule has 0 aromatic rings. The minimum absolute atomic E-state index is 0.0150. The van der Waals surface area contributed by atoms with Crippen LogP contribution < -0.4 is 0 Å². The number of hydrogen-bond donors (Lipinski definition) is 1. The first-order chi connectivity index (χ1) is 26.0. The summed E-state index contributed by atoms with van der Waals surface area (Å²) in [6, 6.07) is 0. The van der Waals surface area contributed by atoms with Crippen LogP contribution in [-0.2, 0) is 32.7 Å². The minimum atomic E-state index is -4.40. The van der Waals surface area contributed by atoms with Gasteiger partial charge >= 0.3 is 19.8 Å². The largest absolute Gasteiger partial charge is 0.472 e. The quantitative estimate of drug-likeness (QED) is 0.0125. The molecule has 0 fully saturated rings. The third-order valence-electron chi connectivity index (χ3n) is 8.94. The van der Waals surface area contributed by atoms with E-state index in [1.165, 1.54) is 96.0 Å². The lowest BCUT2D eigenvalue weighted by molar-refractivity contribution is -0.870. The van der Waals surface area contributed by atoms with E-state index in [1.54, 1.807) is 6.08 Å². The Labute approximate surface area is 331 Å². The van der Waals surface area contributed by atoms with E-state index < -0.39 is 32.5 Å². The molecule has 0 heterocycles. The molecule has 0 aliphatic heterocycles. The van der Waals surface area contributed by atoms with Crippen molar-refractivity contribution in [2.45, 2.75) is 174 Å². The number of hydrogen-bond acceptors (Lipinski definition) is 7. The van der Waals surface area contributed by atoms with Crippen molar-refractivity contribution < 1.29 is 42.1 Å². The van der Waals surface area contributed by atoms with Crippen molar-refractivity contribution in [2.24, 2.45) is 0 Å². The minimum Gasteiger partial charge on any atom is -0.458 e. The normalized spacial score (nSPS) is 14.1. The van der Waals surface area contributed by atoms with Gasteiger partial charge in [-0.25, -0.2) is 9.36 Å². The summed E-state index contributed by atoms with van der Waals surface area (Å²) in [6.07, 6.45) is 42.2. The van der Waals surface area contributed by atoms with Crippen molar-refractivity contribution in [3.05, 3.63) is 48.6 Å². The van der Waals surface area contributed by atoms with Gasteiger partial charge in [-0.15, -0.1) is 0 Å². The first-order valence-electron chi connectivity index (χ1n) is 21.4. The highest BCUT2D eigenvalue weighted by atomic mass is 31.2. The Morgan fingerprint density at radius 1 is 0.630 bits per heavy atom. The van der Waals surface area contributed by atoms with Crippen LogP contribution in [0.15, 0.2) is 48.6 Å². The maximum atomic E-state index is 12.6. The van der Waals surface area contributed by atoms with E-state index >= 15 is 0 Å². The lowest BCUT2D eigenvalue weighted by atomic mass is 10.1. The van der Waals surface area contributed by atoms with Gasteiger partial charge in [0.25, 0.3) is 0 Å². The lowest BCUT2D eigenvalue weighted by Gasteiger charge is -2.24. The molecule has 10 heteroatoms. The molecule has 0 aromatic heterocycles. The molecule has 54 heavy (non-hydrogen) atoms. The average Bonchev–Trinajstić information content (AvgIpc) is 3.12. The van der Waals surface area contributed by atoms with Crippen molar-refractivity contribution in [3.63, 3.8) is 0 Å². The van der Waals surface area contributed by atoms with Gasteiger partial charge in [-0.1, -0.05) is 153 Å². The third-order valence-corrected chi connectivity index (χ3v) is 9.92. The van der Waals surface area contributed by atoms with E-state index in [0.717, 1.165) is 51.4 Å². The molecule has 1 unspecified atom stereocenters. The fourth-order valence-corrected chi connectivity index (χ4v) is 6.29. The Hall–Kier alpha value is -2.03. The molecule has 0 saturated heterocycles. The Morgan fingerprint density at radius 2 is 1.13 bits per heavy atom. The molecule has 1 N–H and O–H groups in total. The third kappa shape index (κ3) is 39.7. The van der Waals surface area contributed by atoms with Crippen molar-refractivity contribution in [1.29, 1.82) is 0 Å². The van der Waals surface area contributed by atoms with Gasteiger partial charge in [-0.05, 0) is 51.4 Å². The van der Waals surface area contributed by atoms with Crippen LogP contribution in [-0.4, -0.2) is 74.9 Å². The second-order valence-corrected chi connectivity index (χ2v) is 16.9. The molecule has 0 spiro atoms. The van der Waals surface area contributed by atoms with Crippen molar-refractivity contribution >= 4 is 19.8 Å². The number of rotatable bonds is 38. The summed E-state index contributed by atoms with van der Waals surface area (Å²) in [5.74, 6) is -1.07. The molecule has 0 saturated carbocycles. The van der Waals surface area contributed by atoms with E-state index in [-0.39, 0.29) is 19.6 Å². The maximum Gasteiger partial charge on any atom is 0.472 e. The summed E-state index contributed by atoms with van der Waals surface area (Å²) < 4.78 is 34.0. The zero-order valence-corrected chi connectivity index (χ0v) is 36.1. The number of unbranched alkanes of at least 4 members (excludes halogenated alkanes) is 19. The molecular weight excluding hydrogens is 701 g/mol. The van der Waals surface area contributed by atoms with Crippen LogP contribution in [0.2, 0.25) is 0 Å². The number of phosphoric ester groups is 1. The molecule has 0 aromatic carbocycles. The number of likely N-dealkylation sites (N-methyl/N-ethyl adjacent to an activating group) is 1. The molecule has 9 nitrogen and oxygen atoms in total. The Bertz CT molecular complexity index is 1070. The molecule has 0 amide bonds. The Balaban J connectivity index is 4.51. The van der Waals surface area contributed by atoms with Crippen LogP contribution in [0.1, 0.15) is 168 Å². The van der Waals surface area contributed by atoms with Crippen molar-refractivity contribution in [3.8, 4) is 0 Å². The highest BCUT2D eigenvalue weighted by Crippen LogP contribution is 2.43. The second-order valence-electron chi connectivity index (χ2n) is 15.4. The second kappa shape index (κ2) is 36.6. The van der Waals surface area contributed by atoms with Gasteiger partial charge in [0.05, 0.1) is 27.7 Å². The van der Waals surface area contributed by atoms with Crippen LogP contribution in [0.3, 0.4) is 0 Å². The van der Waals surface area contributed by atoms with Gasteiger partial charge in [-0.3, -0.25) is 13.8 Å². The summed E-state index contributed by atoms with van der Waals surface area (Å²) >= 11 is 0. The zero-order valence-electron chi connectivity index (χ0n) is 35.2. The molecule has 0 radical (unpaired) electrons. The van der Waals surface area contributed by atoms with E-state index in [0.29, 0.717) is 17.4 Å². The lowest BCUT2D eigenvalue weighted by Crippen LogP contribution is -2.37. The molecule has 314 valence electrons. The molecule has 0 aliphatic carbocycles. The van der Waals surface area contributed by atoms with Crippen LogP contribution in [0.5, 0.6) is 0 Å². The van der Waals surface area contributed by atoms with Crippen LogP contribution in [0.4, 0.5) is 0 Å². The Morgan fingerprint density at radius 3 is 1.70 bits per heavy atom. The van der Waals surface area contributed by atoms with Crippen LogP contribution in [0.25, 0.3) is 0 Å². The van der Waals surface area contributed by atoms with Gasteiger partial charge in [0.2, 0.25) is 0 Å². The predicted octanol–water partition coefficient (Wildman–Crippen LogP) is 11.9. The van der Waals surface area contributed by atoms with E-state index in [1.807, 2.05) is 33.3 Å². The van der Waals surface area contributed by atoms with Gasteiger partial charge in [0.15, 0.2) is 6.10 Å². The van der Waals surface area contributed by atoms with Gasteiger partial charge in [-0.2, -0.15) is 0 Å². The number of carbonyl (C=O) groups is 2. The number of nitrogens with zero attached hydrogens (tertiary/aromatic N) is 1. The van der Waals surface area contributed by atoms with Gasteiger partial charge in [0.1, 0.15) is 19.8 Å². The molecular formula is C44H81NO8P+. The van der Waals surface area contributed by atoms with Crippen molar-refractivity contribution in [1.82, 2.24) is 0 Å². The molecule has 2 atom stereocenters. The molecule has 0 aliphatic rings. The number of esters is 2. The summed E-state index contributed by atoms with van der Waals surface area (Å²) in [7, 11) is 1.42. The number of allylic oxidation sites excluding steroid dienone is 7. The number of quaternary nitrogens is 1. The summed E-state index contributed by atoms with van der Waals surface area (Å²) in [5, 5.41) is 0. The van der Waals surface area contributed by atoms with Gasteiger partial charge < -0.3 is 18.9 Å². The first kappa shape index (κ1) is 52.0.